The van der Waals surface area contributed by atoms with Gasteiger partial charge in [0.2, 0.25) is 11.1 Å². The molecule has 1 aromatic heterocycles. The summed E-state index contributed by atoms with van der Waals surface area (Å²) in [5, 5.41) is 0.242. The number of carbonyl (C=O) groups is 2. The maximum absolute atomic E-state index is 13.8. The van der Waals surface area contributed by atoms with E-state index in [-0.39, 0.29) is 28.4 Å². The zero-order valence-corrected chi connectivity index (χ0v) is 19.0. The molecule has 0 spiro atoms. The van der Waals surface area contributed by atoms with E-state index in [1.165, 1.54) is 0 Å². The van der Waals surface area contributed by atoms with E-state index in [1.54, 1.807) is 48.5 Å². The second-order valence-corrected chi connectivity index (χ2v) is 8.65. The lowest BCUT2D eigenvalue weighted by Crippen LogP contribution is -2.27. The van der Waals surface area contributed by atoms with Gasteiger partial charge in [-0.05, 0) is 64.8 Å². The third-order valence-electron chi connectivity index (χ3n) is 4.27. The van der Waals surface area contributed by atoms with E-state index in [4.69, 9.17) is 39.5 Å². The van der Waals surface area contributed by atoms with Gasteiger partial charge in [0.1, 0.15) is 5.75 Å². The van der Waals surface area contributed by atoms with Crippen LogP contribution in [0.25, 0.3) is 6.08 Å². The van der Waals surface area contributed by atoms with Crippen molar-refractivity contribution < 1.29 is 18.7 Å². The molecule has 0 N–H and O–H groups in total. The van der Waals surface area contributed by atoms with Gasteiger partial charge in [0.15, 0.2) is 0 Å². The van der Waals surface area contributed by atoms with Crippen molar-refractivity contribution in [2.45, 2.75) is 6.54 Å². The third-order valence-corrected chi connectivity index (χ3v) is 5.95. The van der Waals surface area contributed by atoms with Crippen molar-refractivity contribution in [1.82, 2.24) is 14.9 Å². The molecule has 1 aliphatic rings. The Labute approximate surface area is 201 Å². The average Bonchev–Trinajstić information content (AvgIpc) is 3.00. The molecular weight excluding hydrogens is 500 g/mol. The molecule has 0 bridgehead atoms. The fraction of sp³-hybridized carbons (Fsp3) is 0.0476. The van der Waals surface area contributed by atoms with E-state index in [1.807, 2.05) is 0 Å². The molecule has 0 unspecified atom stereocenters. The minimum absolute atomic E-state index is 0.0227. The first kappa shape index (κ1) is 22.5. The van der Waals surface area contributed by atoms with E-state index >= 15 is 0 Å². The smallest absolute Gasteiger partial charge is 0.293 e. The number of thioether (sulfide) groups is 1. The van der Waals surface area contributed by atoms with Crippen LogP contribution in [0.3, 0.4) is 0 Å². The molecule has 0 radical (unpaired) electrons. The van der Waals surface area contributed by atoms with Crippen molar-refractivity contribution in [3.63, 3.8) is 0 Å². The van der Waals surface area contributed by atoms with Gasteiger partial charge in [0.05, 0.1) is 17.6 Å². The van der Waals surface area contributed by atoms with Crippen LogP contribution in [0.4, 0.5) is 9.18 Å². The van der Waals surface area contributed by atoms with Crippen molar-refractivity contribution in [1.29, 1.82) is 0 Å². The summed E-state index contributed by atoms with van der Waals surface area (Å²) >= 11 is 18.5. The number of imide groups is 1. The Kier molecular flexibility index (Phi) is 6.66. The van der Waals surface area contributed by atoms with E-state index in [9.17, 15) is 14.0 Å². The second kappa shape index (κ2) is 9.46. The van der Waals surface area contributed by atoms with Gasteiger partial charge < -0.3 is 4.74 Å². The zero-order chi connectivity index (χ0) is 22.8. The van der Waals surface area contributed by atoms with Crippen LogP contribution in [0.1, 0.15) is 11.1 Å². The first-order valence-electron chi connectivity index (χ1n) is 8.95. The lowest BCUT2D eigenvalue weighted by atomic mass is 10.2. The molecule has 6 nitrogen and oxygen atoms in total. The molecule has 32 heavy (non-hydrogen) atoms. The summed E-state index contributed by atoms with van der Waals surface area (Å²) in [5.74, 6) is -1.30. The Bertz CT molecular complexity index is 1270. The number of aromatic nitrogens is 2. The van der Waals surface area contributed by atoms with Crippen LogP contribution in [0.2, 0.25) is 15.3 Å². The molecule has 0 atom stereocenters. The summed E-state index contributed by atoms with van der Waals surface area (Å²) in [6.07, 6.45) is 2.45. The number of hydrogen-bond acceptors (Lipinski definition) is 6. The number of rotatable bonds is 5. The number of ether oxygens (including phenoxy) is 1. The molecule has 2 aromatic carbocycles. The van der Waals surface area contributed by atoms with Crippen LogP contribution in [0.15, 0.2) is 53.6 Å². The van der Waals surface area contributed by atoms with Crippen molar-refractivity contribution in [2.75, 3.05) is 0 Å². The van der Waals surface area contributed by atoms with Gasteiger partial charge in [-0.25, -0.2) is 4.98 Å². The summed E-state index contributed by atoms with van der Waals surface area (Å²) in [7, 11) is 0. The fourth-order valence-electron chi connectivity index (χ4n) is 2.79. The Morgan fingerprint density at radius 2 is 1.94 bits per heavy atom. The van der Waals surface area contributed by atoms with Gasteiger partial charge in [-0.3, -0.25) is 14.5 Å². The molecular formula is C21H11Cl3FN3O3S. The third kappa shape index (κ3) is 5.05. The molecule has 4 rings (SSSR count). The largest absolute Gasteiger partial charge is 0.436 e. The lowest BCUT2D eigenvalue weighted by Gasteiger charge is -2.13. The lowest BCUT2D eigenvalue weighted by molar-refractivity contribution is -0.123. The predicted molar refractivity (Wildman–Crippen MR) is 121 cm³/mol. The number of halogens is 4. The molecule has 0 aliphatic carbocycles. The maximum Gasteiger partial charge on any atom is 0.293 e. The zero-order valence-electron chi connectivity index (χ0n) is 15.9. The van der Waals surface area contributed by atoms with Gasteiger partial charge in [-0.2, -0.15) is 9.37 Å². The summed E-state index contributed by atoms with van der Waals surface area (Å²) < 4.78 is 19.3. The number of amides is 2. The van der Waals surface area contributed by atoms with Gasteiger partial charge in [0, 0.05) is 10.0 Å². The van der Waals surface area contributed by atoms with E-state index in [0.717, 1.165) is 22.9 Å². The predicted octanol–water partition coefficient (Wildman–Crippen LogP) is 6.60. The maximum atomic E-state index is 13.8. The first-order chi connectivity index (χ1) is 15.3. The van der Waals surface area contributed by atoms with Gasteiger partial charge in [-0.1, -0.05) is 41.4 Å². The highest BCUT2D eigenvalue weighted by atomic mass is 35.5. The topological polar surface area (TPSA) is 72.4 Å². The highest BCUT2D eigenvalue weighted by Gasteiger charge is 2.35. The molecule has 2 amide bonds. The monoisotopic (exact) mass is 509 g/mol. The van der Waals surface area contributed by atoms with E-state index < -0.39 is 17.0 Å². The second-order valence-electron chi connectivity index (χ2n) is 6.47. The first-order valence-corrected chi connectivity index (χ1v) is 10.9. The van der Waals surface area contributed by atoms with Crippen LogP contribution in [0.5, 0.6) is 11.6 Å². The minimum Gasteiger partial charge on any atom is -0.436 e. The van der Waals surface area contributed by atoms with E-state index in [2.05, 4.69) is 9.97 Å². The summed E-state index contributed by atoms with van der Waals surface area (Å²) in [5.41, 5.74) is 1.17. The van der Waals surface area contributed by atoms with Gasteiger partial charge in [0.25, 0.3) is 17.0 Å². The van der Waals surface area contributed by atoms with Crippen molar-refractivity contribution >= 4 is 63.8 Å². The van der Waals surface area contributed by atoms with Crippen molar-refractivity contribution in [3.05, 3.63) is 85.8 Å². The molecule has 1 aliphatic heterocycles. The van der Waals surface area contributed by atoms with Crippen LogP contribution in [-0.2, 0) is 11.3 Å². The summed E-state index contributed by atoms with van der Waals surface area (Å²) in [6, 6.07) is 11.4. The Balaban J connectivity index is 1.54. The molecule has 162 valence electrons. The van der Waals surface area contributed by atoms with Crippen LogP contribution in [-0.4, -0.2) is 26.0 Å². The van der Waals surface area contributed by atoms with Crippen molar-refractivity contribution in [2.24, 2.45) is 0 Å². The summed E-state index contributed by atoms with van der Waals surface area (Å²) in [6.45, 7) is 0.0227. The highest BCUT2D eigenvalue weighted by molar-refractivity contribution is 8.18. The summed E-state index contributed by atoms with van der Waals surface area (Å²) in [4.78, 5) is 33.8. The van der Waals surface area contributed by atoms with Gasteiger partial charge in [-0.15, -0.1) is 0 Å². The molecule has 1 saturated heterocycles. The standard InChI is InChI=1S/C21H11Cl3FN3O3S/c22-13-5-4-12(15(23)8-13)10-28-19(29)17(32-21(28)30)7-11-2-1-3-14(6-11)31-18-16(25)9-26-20(24)27-18/h1-9H,10H2/b17-7+. The van der Waals surface area contributed by atoms with Gasteiger partial charge >= 0.3 is 0 Å². The Hall–Kier alpha value is -2.65. The normalized spacial score (nSPS) is 15.0. The Morgan fingerprint density at radius 1 is 1.12 bits per heavy atom. The number of carbonyl (C=O) groups excluding carboxylic acids is 2. The quantitative estimate of drug-likeness (QED) is 0.284. The van der Waals surface area contributed by atoms with Crippen LogP contribution in [0, 0.1) is 5.82 Å². The van der Waals surface area contributed by atoms with Crippen LogP contribution < -0.4 is 4.74 Å². The highest BCUT2D eigenvalue weighted by Crippen LogP contribution is 2.35. The molecule has 3 aromatic rings. The van der Waals surface area contributed by atoms with E-state index in [0.29, 0.717) is 21.2 Å². The number of nitrogens with zero attached hydrogens (tertiary/aromatic N) is 3. The number of hydrogen-bond donors (Lipinski definition) is 0. The number of benzene rings is 2. The molecule has 2 heterocycles. The van der Waals surface area contributed by atoms with Crippen LogP contribution >= 0.6 is 46.6 Å². The molecule has 11 heteroatoms. The molecule has 0 saturated carbocycles. The minimum atomic E-state index is -0.776. The Morgan fingerprint density at radius 3 is 2.72 bits per heavy atom. The SMILES string of the molecule is O=C1S/C(=C/c2cccc(Oc3nc(Cl)ncc3F)c2)C(=O)N1Cc1ccc(Cl)cc1Cl. The molecule has 1 fully saturated rings. The fourth-order valence-corrected chi connectivity index (χ4v) is 4.22. The van der Waals surface area contributed by atoms with Crippen molar-refractivity contribution in [3.8, 4) is 11.6 Å². The average molecular weight is 511 g/mol.